The number of esters is 2. The quantitative estimate of drug-likeness (QED) is 0.654. The summed E-state index contributed by atoms with van der Waals surface area (Å²) in [7, 11) is 0. The number of likely N-dealkylation sites (tertiary alicyclic amines) is 1. The van der Waals surface area contributed by atoms with Gasteiger partial charge < -0.3 is 20.1 Å². The Hall–Kier alpha value is -1.14. The predicted octanol–water partition coefficient (Wildman–Crippen LogP) is -0.381. The van der Waals surface area contributed by atoms with Crippen LogP contribution in [0.15, 0.2) is 0 Å². The van der Waals surface area contributed by atoms with Gasteiger partial charge >= 0.3 is 11.9 Å². The average molecular weight is 258 g/mol. The van der Waals surface area contributed by atoms with Gasteiger partial charge in [-0.05, 0) is 13.8 Å². The Morgan fingerprint density at radius 1 is 1.11 bits per heavy atom. The summed E-state index contributed by atoms with van der Waals surface area (Å²) < 4.78 is 10.0. The Morgan fingerprint density at radius 2 is 1.56 bits per heavy atom. The topological polar surface area (TPSA) is 81.9 Å². The molecule has 0 radical (unpaired) electrons. The largest absolute Gasteiger partial charge is 0.466 e. The van der Waals surface area contributed by atoms with E-state index in [0.29, 0.717) is 39.4 Å². The molecule has 1 heterocycles. The zero-order valence-corrected chi connectivity index (χ0v) is 11.1. The standard InChI is InChI=1S/C12H22N2O4/c1-3-17-11(15)9-7-14(6-5-13)8-10(9)12(16)18-4-2/h9-10H,3-8,13H2,1-2H3/t9-,10+. The van der Waals surface area contributed by atoms with Crippen molar-refractivity contribution in [2.24, 2.45) is 17.6 Å². The second kappa shape index (κ2) is 7.33. The normalized spacial score (nSPS) is 23.9. The zero-order valence-electron chi connectivity index (χ0n) is 11.1. The lowest BCUT2D eigenvalue weighted by atomic mass is 9.96. The van der Waals surface area contributed by atoms with Crippen molar-refractivity contribution in [3.8, 4) is 0 Å². The smallest absolute Gasteiger partial charge is 0.311 e. The van der Waals surface area contributed by atoms with Crippen LogP contribution in [0.25, 0.3) is 0 Å². The summed E-state index contributed by atoms with van der Waals surface area (Å²) in [5, 5.41) is 0. The van der Waals surface area contributed by atoms with E-state index >= 15 is 0 Å². The van der Waals surface area contributed by atoms with E-state index in [4.69, 9.17) is 15.2 Å². The molecule has 0 aromatic carbocycles. The van der Waals surface area contributed by atoms with Gasteiger partial charge in [0.15, 0.2) is 0 Å². The second-order valence-electron chi connectivity index (χ2n) is 4.27. The molecule has 0 unspecified atom stereocenters. The number of nitrogens with zero attached hydrogens (tertiary/aromatic N) is 1. The molecule has 2 atom stereocenters. The summed E-state index contributed by atoms with van der Waals surface area (Å²) >= 11 is 0. The van der Waals surface area contributed by atoms with Crippen molar-refractivity contribution in [2.75, 3.05) is 39.4 Å². The van der Waals surface area contributed by atoms with Gasteiger partial charge in [0, 0.05) is 26.2 Å². The molecule has 0 aromatic heterocycles. The van der Waals surface area contributed by atoms with E-state index in [-0.39, 0.29) is 11.9 Å². The van der Waals surface area contributed by atoms with Gasteiger partial charge in [0.2, 0.25) is 0 Å². The molecule has 1 aliphatic heterocycles. The maximum atomic E-state index is 11.8. The molecule has 6 heteroatoms. The fraction of sp³-hybridized carbons (Fsp3) is 0.833. The number of hydrogen-bond acceptors (Lipinski definition) is 6. The summed E-state index contributed by atoms with van der Waals surface area (Å²) in [5.74, 6) is -1.52. The summed E-state index contributed by atoms with van der Waals surface area (Å²) in [6.45, 7) is 6.35. The van der Waals surface area contributed by atoms with Gasteiger partial charge in [-0.15, -0.1) is 0 Å². The second-order valence-corrected chi connectivity index (χ2v) is 4.27. The summed E-state index contributed by atoms with van der Waals surface area (Å²) in [4.78, 5) is 25.7. The molecule has 0 amide bonds. The van der Waals surface area contributed by atoms with Crippen LogP contribution in [0.3, 0.4) is 0 Å². The highest BCUT2D eigenvalue weighted by Gasteiger charge is 2.43. The number of carbonyl (C=O) groups is 2. The molecule has 0 bridgehead atoms. The van der Waals surface area contributed by atoms with E-state index in [1.165, 1.54) is 0 Å². The minimum absolute atomic E-state index is 0.321. The molecule has 104 valence electrons. The van der Waals surface area contributed by atoms with Gasteiger partial charge in [0.25, 0.3) is 0 Å². The Bertz CT molecular complexity index is 270. The number of nitrogens with two attached hydrogens (primary N) is 1. The van der Waals surface area contributed by atoms with Gasteiger partial charge in [-0.3, -0.25) is 9.59 Å². The first-order chi connectivity index (χ1) is 8.63. The van der Waals surface area contributed by atoms with Crippen LogP contribution in [-0.4, -0.2) is 56.2 Å². The fourth-order valence-electron chi connectivity index (χ4n) is 2.23. The van der Waals surface area contributed by atoms with Crippen molar-refractivity contribution in [2.45, 2.75) is 13.8 Å². The number of hydrogen-bond donors (Lipinski definition) is 1. The maximum Gasteiger partial charge on any atom is 0.311 e. The van der Waals surface area contributed by atoms with E-state index in [1.807, 2.05) is 4.90 Å². The molecule has 1 fully saturated rings. The Balaban J connectivity index is 2.69. The van der Waals surface area contributed by atoms with Crippen LogP contribution in [0.4, 0.5) is 0 Å². The first-order valence-electron chi connectivity index (χ1n) is 6.39. The van der Waals surface area contributed by atoms with E-state index in [1.54, 1.807) is 13.8 Å². The van der Waals surface area contributed by atoms with E-state index < -0.39 is 11.8 Å². The molecule has 1 saturated heterocycles. The first-order valence-corrected chi connectivity index (χ1v) is 6.39. The third-order valence-electron chi connectivity index (χ3n) is 3.02. The molecule has 2 N–H and O–H groups in total. The van der Waals surface area contributed by atoms with E-state index in [9.17, 15) is 9.59 Å². The van der Waals surface area contributed by atoms with Crippen molar-refractivity contribution in [1.82, 2.24) is 4.90 Å². The number of ether oxygens (including phenoxy) is 2. The summed E-state index contributed by atoms with van der Waals surface area (Å²) in [5.41, 5.74) is 5.49. The van der Waals surface area contributed by atoms with Crippen LogP contribution < -0.4 is 5.73 Å². The minimum atomic E-state index is -0.435. The molecule has 0 saturated carbocycles. The summed E-state index contributed by atoms with van der Waals surface area (Å²) in [6, 6.07) is 0. The van der Waals surface area contributed by atoms with Crippen LogP contribution in [0.5, 0.6) is 0 Å². The monoisotopic (exact) mass is 258 g/mol. The predicted molar refractivity (Wildman–Crippen MR) is 65.7 cm³/mol. The van der Waals surface area contributed by atoms with Crippen LogP contribution in [0.1, 0.15) is 13.8 Å². The van der Waals surface area contributed by atoms with Gasteiger partial charge in [0.1, 0.15) is 0 Å². The molecular formula is C12H22N2O4. The number of carbonyl (C=O) groups excluding carboxylic acids is 2. The highest BCUT2D eigenvalue weighted by atomic mass is 16.5. The van der Waals surface area contributed by atoms with Crippen molar-refractivity contribution in [3.63, 3.8) is 0 Å². The van der Waals surface area contributed by atoms with Gasteiger partial charge in [0.05, 0.1) is 25.0 Å². The van der Waals surface area contributed by atoms with Crippen molar-refractivity contribution < 1.29 is 19.1 Å². The maximum absolute atomic E-state index is 11.8. The third kappa shape index (κ3) is 3.68. The highest BCUT2D eigenvalue weighted by molar-refractivity contribution is 5.83. The zero-order chi connectivity index (χ0) is 13.5. The van der Waals surface area contributed by atoms with Crippen LogP contribution in [-0.2, 0) is 19.1 Å². The highest BCUT2D eigenvalue weighted by Crippen LogP contribution is 2.25. The minimum Gasteiger partial charge on any atom is -0.466 e. The Kier molecular flexibility index (Phi) is 6.07. The lowest BCUT2D eigenvalue weighted by Crippen LogP contribution is -2.31. The summed E-state index contributed by atoms with van der Waals surface area (Å²) in [6.07, 6.45) is 0. The van der Waals surface area contributed by atoms with Gasteiger partial charge in [-0.1, -0.05) is 0 Å². The van der Waals surface area contributed by atoms with Crippen molar-refractivity contribution >= 4 is 11.9 Å². The Labute approximate surface area is 107 Å². The van der Waals surface area contributed by atoms with Gasteiger partial charge in [-0.2, -0.15) is 0 Å². The molecule has 18 heavy (non-hydrogen) atoms. The molecule has 0 aliphatic carbocycles. The molecule has 0 spiro atoms. The van der Waals surface area contributed by atoms with Crippen LogP contribution in [0, 0.1) is 11.8 Å². The van der Waals surface area contributed by atoms with Crippen LogP contribution >= 0.6 is 0 Å². The van der Waals surface area contributed by atoms with E-state index in [0.717, 1.165) is 0 Å². The van der Waals surface area contributed by atoms with Crippen LogP contribution in [0.2, 0.25) is 0 Å². The Morgan fingerprint density at radius 3 is 1.89 bits per heavy atom. The molecular weight excluding hydrogens is 236 g/mol. The first kappa shape index (κ1) is 14.9. The average Bonchev–Trinajstić information content (AvgIpc) is 2.74. The van der Waals surface area contributed by atoms with Crippen molar-refractivity contribution in [3.05, 3.63) is 0 Å². The SMILES string of the molecule is CCOC(=O)[C@H]1CN(CCN)C[C@H]1C(=O)OCC. The lowest BCUT2D eigenvalue weighted by molar-refractivity contribution is -0.157. The van der Waals surface area contributed by atoms with Gasteiger partial charge in [-0.25, -0.2) is 0 Å². The molecule has 1 aliphatic rings. The number of rotatable bonds is 6. The lowest BCUT2D eigenvalue weighted by Gasteiger charge is -2.15. The van der Waals surface area contributed by atoms with E-state index in [2.05, 4.69) is 0 Å². The van der Waals surface area contributed by atoms with Crippen molar-refractivity contribution in [1.29, 1.82) is 0 Å². The third-order valence-corrected chi connectivity index (χ3v) is 3.02. The fourth-order valence-corrected chi connectivity index (χ4v) is 2.23. The molecule has 0 aromatic rings. The molecule has 6 nitrogen and oxygen atoms in total. The molecule has 1 rings (SSSR count).